The largest absolute Gasteiger partial charge is 0.369 e. The van der Waals surface area contributed by atoms with E-state index in [-0.39, 0.29) is 0 Å². The highest BCUT2D eigenvalue weighted by molar-refractivity contribution is 5.08. The highest BCUT2D eigenvalue weighted by atomic mass is 19.2. The summed E-state index contributed by atoms with van der Waals surface area (Å²) in [6.45, 7) is 6.18. The molecule has 0 saturated heterocycles. The first-order chi connectivity index (χ1) is 4.91. The SMILES string of the molecule is CCOC(C)(C)/C(F)=C(\C)F. The summed E-state index contributed by atoms with van der Waals surface area (Å²) in [7, 11) is 0. The van der Waals surface area contributed by atoms with Crippen LogP contribution in [0.15, 0.2) is 11.7 Å². The van der Waals surface area contributed by atoms with Crippen molar-refractivity contribution in [2.24, 2.45) is 0 Å². The summed E-state index contributed by atoms with van der Waals surface area (Å²) in [6, 6.07) is 0. The number of rotatable bonds is 3. The van der Waals surface area contributed by atoms with Gasteiger partial charge in [-0.1, -0.05) is 0 Å². The molecule has 0 aromatic rings. The molecule has 0 aliphatic rings. The normalized spacial score (nSPS) is 14.7. The van der Waals surface area contributed by atoms with Crippen LogP contribution in [0.3, 0.4) is 0 Å². The van der Waals surface area contributed by atoms with Gasteiger partial charge in [0.15, 0.2) is 5.83 Å². The van der Waals surface area contributed by atoms with Crippen LogP contribution in [-0.2, 0) is 4.74 Å². The van der Waals surface area contributed by atoms with Crippen molar-refractivity contribution < 1.29 is 13.5 Å². The van der Waals surface area contributed by atoms with Gasteiger partial charge in [0.2, 0.25) is 0 Å². The van der Waals surface area contributed by atoms with Crippen molar-refractivity contribution in [3.8, 4) is 0 Å². The predicted molar refractivity (Wildman–Crippen MR) is 40.6 cm³/mol. The van der Waals surface area contributed by atoms with Gasteiger partial charge in [0.1, 0.15) is 11.4 Å². The zero-order valence-corrected chi connectivity index (χ0v) is 7.37. The maximum atomic E-state index is 12.9. The Hall–Kier alpha value is -0.440. The summed E-state index contributed by atoms with van der Waals surface area (Å²) in [4.78, 5) is 0. The third-order valence-electron chi connectivity index (χ3n) is 1.34. The molecule has 3 heteroatoms. The Morgan fingerprint density at radius 1 is 1.36 bits per heavy atom. The summed E-state index contributed by atoms with van der Waals surface area (Å²) < 4.78 is 30.2. The molecule has 0 saturated carbocycles. The van der Waals surface area contributed by atoms with E-state index in [4.69, 9.17) is 4.74 Å². The molecule has 11 heavy (non-hydrogen) atoms. The van der Waals surface area contributed by atoms with Gasteiger partial charge in [-0.2, -0.15) is 0 Å². The van der Waals surface area contributed by atoms with E-state index >= 15 is 0 Å². The van der Waals surface area contributed by atoms with Gasteiger partial charge in [-0.05, 0) is 27.7 Å². The molecule has 0 aliphatic heterocycles. The smallest absolute Gasteiger partial charge is 0.162 e. The first kappa shape index (κ1) is 10.6. The fourth-order valence-electron chi connectivity index (χ4n) is 0.839. The quantitative estimate of drug-likeness (QED) is 0.623. The highest BCUT2D eigenvalue weighted by Crippen LogP contribution is 2.25. The van der Waals surface area contributed by atoms with Crippen molar-refractivity contribution in [3.63, 3.8) is 0 Å². The van der Waals surface area contributed by atoms with Gasteiger partial charge >= 0.3 is 0 Å². The van der Waals surface area contributed by atoms with E-state index in [1.165, 1.54) is 13.8 Å². The molecule has 0 aromatic carbocycles. The maximum Gasteiger partial charge on any atom is 0.162 e. The number of hydrogen-bond donors (Lipinski definition) is 0. The van der Waals surface area contributed by atoms with Crippen LogP contribution in [-0.4, -0.2) is 12.2 Å². The minimum Gasteiger partial charge on any atom is -0.369 e. The van der Waals surface area contributed by atoms with E-state index in [9.17, 15) is 8.78 Å². The Labute approximate surface area is 66.0 Å². The second kappa shape index (κ2) is 3.81. The first-order valence-corrected chi connectivity index (χ1v) is 3.58. The number of halogens is 2. The molecular formula is C8H14F2O. The third kappa shape index (κ3) is 2.97. The monoisotopic (exact) mass is 164 g/mol. The molecule has 0 bridgehead atoms. The molecule has 0 fully saturated rings. The molecular weight excluding hydrogens is 150 g/mol. The van der Waals surface area contributed by atoms with Gasteiger partial charge in [0.05, 0.1) is 0 Å². The lowest BCUT2D eigenvalue weighted by atomic mass is 10.1. The predicted octanol–water partition coefficient (Wildman–Crippen LogP) is 2.97. The Bertz CT molecular complexity index is 157. The van der Waals surface area contributed by atoms with Gasteiger partial charge in [0.25, 0.3) is 0 Å². The molecule has 0 rings (SSSR count). The van der Waals surface area contributed by atoms with Crippen molar-refractivity contribution in [1.82, 2.24) is 0 Å². The minimum atomic E-state index is -1.13. The van der Waals surface area contributed by atoms with Crippen molar-refractivity contribution in [3.05, 3.63) is 11.7 Å². The van der Waals surface area contributed by atoms with Crippen LogP contribution in [0.4, 0.5) is 8.78 Å². The molecule has 0 unspecified atom stereocenters. The van der Waals surface area contributed by atoms with Crippen molar-refractivity contribution in [2.45, 2.75) is 33.3 Å². The third-order valence-corrected chi connectivity index (χ3v) is 1.34. The number of hydrogen-bond acceptors (Lipinski definition) is 1. The molecule has 0 aromatic heterocycles. The van der Waals surface area contributed by atoms with Gasteiger partial charge in [-0.15, -0.1) is 0 Å². The van der Waals surface area contributed by atoms with Crippen molar-refractivity contribution in [2.75, 3.05) is 6.61 Å². The van der Waals surface area contributed by atoms with Crippen LogP contribution >= 0.6 is 0 Å². The van der Waals surface area contributed by atoms with Crippen LogP contribution in [0.2, 0.25) is 0 Å². The average Bonchev–Trinajstić information content (AvgIpc) is 1.86. The number of ether oxygens (including phenoxy) is 1. The van der Waals surface area contributed by atoms with Gasteiger partial charge in [0, 0.05) is 6.61 Å². The van der Waals surface area contributed by atoms with E-state index in [1.807, 2.05) is 0 Å². The lowest BCUT2D eigenvalue weighted by Gasteiger charge is -2.22. The summed E-state index contributed by atoms with van der Waals surface area (Å²) in [5.74, 6) is -1.65. The molecule has 0 atom stereocenters. The van der Waals surface area contributed by atoms with Gasteiger partial charge < -0.3 is 4.74 Å². The molecule has 0 heterocycles. The fourth-order valence-corrected chi connectivity index (χ4v) is 0.839. The van der Waals surface area contributed by atoms with E-state index < -0.39 is 17.3 Å². The van der Waals surface area contributed by atoms with E-state index in [1.54, 1.807) is 6.92 Å². The molecule has 66 valence electrons. The van der Waals surface area contributed by atoms with Crippen LogP contribution in [0.25, 0.3) is 0 Å². The summed E-state index contributed by atoms with van der Waals surface area (Å²) >= 11 is 0. The van der Waals surface area contributed by atoms with Crippen molar-refractivity contribution in [1.29, 1.82) is 0 Å². The molecule has 1 nitrogen and oxygen atoms in total. The molecule has 0 spiro atoms. The zero-order valence-electron chi connectivity index (χ0n) is 7.37. The van der Waals surface area contributed by atoms with Gasteiger partial charge in [-0.25, -0.2) is 8.78 Å². The standard InChI is InChI=1S/C8H14F2O/c1-5-11-8(3,4)7(10)6(2)9/h5H2,1-4H3/b7-6-. The highest BCUT2D eigenvalue weighted by Gasteiger charge is 2.26. The Kier molecular flexibility index (Phi) is 3.66. The minimum absolute atomic E-state index is 0.369. The van der Waals surface area contributed by atoms with Gasteiger partial charge in [-0.3, -0.25) is 0 Å². The summed E-state index contributed by atoms with van der Waals surface area (Å²) in [6.07, 6.45) is 0. The molecule has 0 radical (unpaired) electrons. The van der Waals surface area contributed by atoms with Crippen LogP contribution < -0.4 is 0 Å². The zero-order chi connectivity index (χ0) is 9.07. The Balaban J connectivity index is 4.42. The second-order valence-corrected chi connectivity index (χ2v) is 2.79. The Morgan fingerprint density at radius 2 is 1.82 bits per heavy atom. The average molecular weight is 164 g/mol. The van der Waals surface area contributed by atoms with Crippen LogP contribution in [0.5, 0.6) is 0 Å². The van der Waals surface area contributed by atoms with Crippen LogP contribution in [0.1, 0.15) is 27.7 Å². The lowest BCUT2D eigenvalue weighted by molar-refractivity contribution is 0.000542. The second-order valence-electron chi connectivity index (χ2n) is 2.79. The van der Waals surface area contributed by atoms with Crippen molar-refractivity contribution >= 4 is 0 Å². The first-order valence-electron chi connectivity index (χ1n) is 3.58. The Morgan fingerprint density at radius 3 is 2.09 bits per heavy atom. The molecule has 0 amide bonds. The maximum absolute atomic E-state index is 12.9. The lowest BCUT2D eigenvalue weighted by Crippen LogP contribution is -2.25. The van der Waals surface area contributed by atoms with E-state index in [0.29, 0.717) is 6.61 Å². The van der Waals surface area contributed by atoms with E-state index in [2.05, 4.69) is 0 Å². The topological polar surface area (TPSA) is 9.23 Å². The fraction of sp³-hybridized carbons (Fsp3) is 0.750. The summed E-state index contributed by atoms with van der Waals surface area (Å²) in [5.41, 5.74) is -1.13. The molecule has 0 N–H and O–H groups in total. The van der Waals surface area contributed by atoms with Crippen LogP contribution in [0, 0.1) is 0 Å². The number of allylic oxidation sites excluding steroid dienone is 1. The van der Waals surface area contributed by atoms with E-state index in [0.717, 1.165) is 6.92 Å². The molecule has 0 aliphatic carbocycles. The summed E-state index contributed by atoms with van der Waals surface area (Å²) in [5, 5.41) is 0.